The lowest BCUT2D eigenvalue weighted by Crippen LogP contribution is -2.27. The Kier molecular flexibility index (Phi) is 7.94. The average Bonchev–Trinajstić information content (AvgIpc) is 3.05. The maximum absolute atomic E-state index is 11.9. The molecule has 1 amide bonds. The van der Waals surface area contributed by atoms with Crippen LogP contribution in [0.4, 0.5) is 0 Å². The molecular formula is C18H26N4O2S. The fourth-order valence-corrected chi connectivity index (χ4v) is 2.87. The highest BCUT2D eigenvalue weighted by Crippen LogP contribution is 2.19. The molecule has 7 heteroatoms. The molecule has 0 unspecified atom stereocenters. The Balaban J connectivity index is 1.72. The van der Waals surface area contributed by atoms with Gasteiger partial charge in [0.05, 0.1) is 5.75 Å². The normalized spacial score (nSPS) is 11.0. The van der Waals surface area contributed by atoms with Gasteiger partial charge in [-0.15, -0.1) is 10.2 Å². The van der Waals surface area contributed by atoms with Gasteiger partial charge in [0, 0.05) is 25.4 Å². The smallest absolute Gasteiger partial charge is 0.230 e. The monoisotopic (exact) mass is 362 g/mol. The van der Waals surface area contributed by atoms with Gasteiger partial charge in [0.15, 0.2) is 5.16 Å². The molecule has 1 aromatic carbocycles. The molecule has 136 valence electrons. The lowest BCUT2D eigenvalue weighted by atomic mass is 10.2. The number of carbonyl (C=O) groups excluding carboxylic acids is 1. The average molecular weight is 362 g/mol. The molecule has 0 saturated heterocycles. The molecule has 2 aromatic rings. The molecule has 0 saturated carbocycles. The van der Waals surface area contributed by atoms with Gasteiger partial charge in [-0.3, -0.25) is 9.36 Å². The zero-order chi connectivity index (χ0) is 18.1. The van der Waals surface area contributed by atoms with Gasteiger partial charge in [-0.2, -0.15) is 0 Å². The standard InChI is InChI=1S/C18H26N4O2S/c1-14(2)11-24-10-4-9-19-17(23)12-25-18-21-20-13-22(18)16-7-5-15(3)6-8-16/h5-8,13-14H,4,9-12H2,1-3H3,(H,19,23). The van der Waals surface area contributed by atoms with Crippen molar-refractivity contribution in [2.75, 3.05) is 25.5 Å². The maximum atomic E-state index is 11.9. The van der Waals surface area contributed by atoms with Crippen LogP contribution in [0.3, 0.4) is 0 Å². The number of amides is 1. The fourth-order valence-electron chi connectivity index (χ4n) is 2.11. The highest BCUT2D eigenvalue weighted by atomic mass is 32.2. The predicted molar refractivity (Wildman–Crippen MR) is 100 cm³/mol. The minimum Gasteiger partial charge on any atom is -0.381 e. The lowest BCUT2D eigenvalue weighted by molar-refractivity contribution is -0.118. The number of nitrogens with zero attached hydrogens (tertiary/aromatic N) is 3. The molecule has 1 aromatic heterocycles. The van der Waals surface area contributed by atoms with E-state index >= 15 is 0 Å². The number of carbonyl (C=O) groups is 1. The van der Waals surface area contributed by atoms with Crippen LogP contribution in [0.5, 0.6) is 0 Å². The number of rotatable bonds is 10. The number of aryl methyl sites for hydroxylation is 1. The van der Waals surface area contributed by atoms with Crippen molar-refractivity contribution < 1.29 is 9.53 Å². The van der Waals surface area contributed by atoms with Gasteiger partial charge >= 0.3 is 0 Å². The fraction of sp³-hybridized carbons (Fsp3) is 0.500. The van der Waals surface area contributed by atoms with Gasteiger partial charge in [0.1, 0.15) is 6.33 Å². The molecule has 0 spiro atoms. The minimum absolute atomic E-state index is 0.00712. The van der Waals surface area contributed by atoms with Crippen molar-refractivity contribution in [1.82, 2.24) is 20.1 Å². The van der Waals surface area contributed by atoms with Crippen molar-refractivity contribution in [3.05, 3.63) is 36.2 Å². The SMILES string of the molecule is Cc1ccc(-n2cnnc2SCC(=O)NCCCOCC(C)C)cc1. The summed E-state index contributed by atoms with van der Waals surface area (Å²) in [5.41, 5.74) is 2.18. The molecular weight excluding hydrogens is 336 g/mol. The summed E-state index contributed by atoms with van der Waals surface area (Å²) in [6.45, 7) is 8.35. The third-order valence-electron chi connectivity index (χ3n) is 3.40. The third kappa shape index (κ3) is 6.88. The van der Waals surface area contributed by atoms with Crippen LogP contribution in [0.15, 0.2) is 35.7 Å². The molecule has 0 aliphatic heterocycles. The van der Waals surface area contributed by atoms with E-state index in [1.54, 1.807) is 6.33 Å². The Hall–Kier alpha value is -1.86. The summed E-state index contributed by atoms with van der Waals surface area (Å²) in [7, 11) is 0. The van der Waals surface area contributed by atoms with Crippen LogP contribution in [0.2, 0.25) is 0 Å². The van der Waals surface area contributed by atoms with E-state index in [4.69, 9.17) is 4.74 Å². The van der Waals surface area contributed by atoms with E-state index in [1.165, 1.54) is 17.3 Å². The second-order valence-corrected chi connectivity index (χ2v) is 7.22. The second-order valence-electron chi connectivity index (χ2n) is 6.28. The van der Waals surface area contributed by atoms with Crippen molar-refractivity contribution in [1.29, 1.82) is 0 Å². The summed E-state index contributed by atoms with van der Waals surface area (Å²) in [5.74, 6) is 0.849. The maximum Gasteiger partial charge on any atom is 0.230 e. The van der Waals surface area contributed by atoms with Crippen molar-refractivity contribution in [2.24, 2.45) is 5.92 Å². The molecule has 0 bridgehead atoms. The Bertz CT molecular complexity index is 655. The first-order chi connectivity index (χ1) is 12.1. The van der Waals surface area contributed by atoms with Gasteiger partial charge in [-0.25, -0.2) is 0 Å². The first-order valence-electron chi connectivity index (χ1n) is 8.50. The van der Waals surface area contributed by atoms with Crippen LogP contribution in [0.25, 0.3) is 5.69 Å². The number of nitrogens with one attached hydrogen (secondary N) is 1. The summed E-state index contributed by atoms with van der Waals surface area (Å²) in [4.78, 5) is 11.9. The zero-order valence-electron chi connectivity index (χ0n) is 15.1. The van der Waals surface area contributed by atoms with E-state index in [2.05, 4.69) is 29.4 Å². The largest absolute Gasteiger partial charge is 0.381 e. The topological polar surface area (TPSA) is 69.0 Å². The van der Waals surface area contributed by atoms with Crippen molar-refractivity contribution in [2.45, 2.75) is 32.3 Å². The second kappa shape index (κ2) is 10.2. The molecule has 0 radical (unpaired) electrons. The summed E-state index contributed by atoms with van der Waals surface area (Å²) in [5, 5.41) is 11.7. The number of hydrogen-bond donors (Lipinski definition) is 1. The van der Waals surface area contributed by atoms with Gasteiger partial charge in [-0.1, -0.05) is 43.3 Å². The van der Waals surface area contributed by atoms with Crippen molar-refractivity contribution >= 4 is 17.7 Å². The molecule has 0 atom stereocenters. The van der Waals surface area contributed by atoms with E-state index in [1.807, 2.05) is 35.8 Å². The highest BCUT2D eigenvalue weighted by Gasteiger charge is 2.10. The third-order valence-corrected chi connectivity index (χ3v) is 4.34. The van der Waals surface area contributed by atoms with Crippen LogP contribution in [0.1, 0.15) is 25.8 Å². The Morgan fingerprint density at radius 3 is 2.80 bits per heavy atom. The molecule has 0 fully saturated rings. The molecule has 0 aliphatic carbocycles. The van der Waals surface area contributed by atoms with E-state index in [9.17, 15) is 4.79 Å². The Morgan fingerprint density at radius 1 is 1.32 bits per heavy atom. The van der Waals surface area contributed by atoms with Crippen LogP contribution in [-0.4, -0.2) is 46.2 Å². The molecule has 0 aliphatic rings. The van der Waals surface area contributed by atoms with Gasteiger partial charge in [0.25, 0.3) is 0 Å². The van der Waals surface area contributed by atoms with Crippen LogP contribution >= 0.6 is 11.8 Å². The molecule has 2 rings (SSSR count). The van der Waals surface area contributed by atoms with Crippen LogP contribution < -0.4 is 5.32 Å². The summed E-state index contributed by atoms with van der Waals surface area (Å²) in [6.07, 6.45) is 2.49. The molecule has 1 heterocycles. The molecule has 1 N–H and O–H groups in total. The Labute approximate surface area is 153 Å². The Morgan fingerprint density at radius 2 is 2.08 bits per heavy atom. The predicted octanol–water partition coefficient (Wildman–Crippen LogP) is 2.85. The first-order valence-corrected chi connectivity index (χ1v) is 9.49. The highest BCUT2D eigenvalue weighted by molar-refractivity contribution is 7.99. The van der Waals surface area contributed by atoms with Crippen molar-refractivity contribution in [3.63, 3.8) is 0 Å². The number of ether oxygens (including phenoxy) is 1. The summed E-state index contributed by atoms with van der Waals surface area (Å²) < 4.78 is 7.38. The van der Waals surface area contributed by atoms with Crippen molar-refractivity contribution in [3.8, 4) is 5.69 Å². The first kappa shape index (κ1) is 19.5. The lowest BCUT2D eigenvalue weighted by Gasteiger charge is -2.08. The van der Waals surface area contributed by atoms with E-state index in [0.29, 0.717) is 30.0 Å². The number of benzene rings is 1. The number of thioether (sulfide) groups is 1. The summed E-state index contributed by atoms with van der Waals surface area (Å²) >= 11 is 1.38. The minimum atomic E-state index is -0.00712. The number of aromatic nitrogens is 3. The van der Waals surface area contributed by atoms with Crippen LogP contribution in [-0.2, 0) is 9.53 Å². The van der Waals surface area contributed by atoms with Gasteiger partial charge in [0.2, 0.25) is 5.91 Å². The van der Waals surface area contributed by atoms with E-state index in [0.717, 1.165) is 18.7 Å². The van der Waals surface area contributed by atoms with E-state index < -0.39 is 0 Å². The molecule has 25 heavy (non-hydrogen) atoms. The van der Waals surface area contributed by atoms with Crippen LogP contribution in [0, 0.1) is 12.8 Å². The van der Waals surface area contributed by atoms with E-state index in [-0.39, 0.29) is 5.91 Å². The van der Waals surface area contributed by atoms with Gasteiger partial charge < -0.3 is 10.1 Å². The van der Waals surface area contributed by atoms with Gasteiger partial charge in [-0.05, 0) is 31.4 Å². The number of hydrogen-bond acceptors (Lipinski definition) is 5. The summed E-state index contributed by atoms with van der Waals surface area (Å²) in [6, 6.07) is 8.11. The zero-order valence-corrected chi connectivity index (χ0v) is 15.9. The quantitative estimate of drug-likeness (QED) is 0.520. The molecule has 6 nitrogen and oxygen atoms in total.